The molecule has 4 rings (SSSR count). The summed E-state index contributed by atoms with van der Waals surface area (Å²) in [6.07, 6.45) is 17.6. The van der Waals surface area contributed by atoms with Crippen LogP contribution in [0.1, 0.15) is 69.0 Å². The van der Waals surface area contributed by atoms with E-state index in [2.05, 4.69) is 44.8 Å². The summed E-state index contributed by atoms with van der Waals surface area (Å²) in [5, 5.41) is 4.73. The summed E-state index contributed by atoms with van der Waals surface area (Å²) in [4.78, 5) is 9.56. The first kappa shape index (κ1) is 19.6. The zero-order chi connectivity index (χ0) is 19.2. The summed E-state index contributed by atoms with van der Waals surface area (Å²) in [6, 6.07) is 5.52. The van der Waals surface area contributed by atoms with Gasteiger partial charge in [0.15, 0.2) is 0 Å². The molecule has 2 aliphatic rings. The maximum Gasteiger partial charge on any atom is 0.0534 e. The monoisotopic (exact) mass is 381 g/mol. The number of hydrogen-bond donors (Lipinski definition) is 0. The first-order valence-electron chi connectivity index (χ1n) is 11.2. The van der Waals surface area contributed by atoms with E-state index in [1.807, 2.05) is 18.5 Å². The normalized spacial score (nSPS) is 21.6. The standard InChI is InChI=1S/C23H35N5/c1-2-27-13-7-11-23(27)19-26(16-20-8-6-12-24-14-20)17-21-15-25-28(18-21)22-9-4-3-5-10-22/h6,8,12,14-15,18,22-23H,2-5,7,9-11,13,16-17,19H2,1H3/t23-/m0/s1. The van der Waals surface area contributed by atoms with Crippen LogP contribution in [0, 0.1) is 0 Å². The van der Waals surface area contributed by atoms with Crippen LogP contribution >= 0.6 is 0 Å². The van der Waals surface area contributed by atoms with Gasteiger partial charge in [-0.15, -0.1) is 0 Å². The molecule has 1 aliphatic carbocycles. The van der Waals surface area contributed by atoms with Crippen molar-refractivity contribution < 1.29 is 0 Å². The molecule has 0 aromatic carbocycles. The average molecular weight is 382 g/mol. The van der Waals surface area contributed by atoms with Gasteiger partial charge in [0.25, 0.3) is 0 Å². The largest absolute Gasteiger partial charge is 0.299 e. The molecule has 0 spiro atoms. The molecule has 5 heteroatoms. The highest BCUT2D eigenvalue weighted by molar-refractivity contribution is 5.10. The first-order valence-corrected chi connectivity index (χ1v) is 11.2. The lowest BCUT2D eigenvalue weighted by atomic mass is 9.96. The molecular formula is C23H35N5. The Morgan fingerprint density at radius 3 is 2.68 bits per heavy atom. The lowest BCUT2D eigenvalue weighted by Gasteiger charge is -2.30. The van der Waals surface area contributed by atoms with Gasteiger partial charge in [-0.05, 0) is 50.4 Å². The molecule has 3 heterocycles. The summed E-state index contributed by atoms with van der Waals surface area (Å²) < 4.78 is 2.24. The molecule has 2 fully saturated rings. The Hall–Kier alpha value is -1.72. The van der Waals surface area contributed by atoms with Gasteiger partial charge in [-0.1, -0.05) is 32.3 Å². The lowest BCUT2D eigenvalue weighted by Crippen LogP contribution is -2.39. The second kappa shape index (κ2) is 9.66. The lowest BCUT2D eigenvalue weighted by molar-refractivity contribution is 0.166. The molecule has 2 aromatic heterocycles. The number of likely N-dealkylation sites (tertiary alicyclic amines) is 1. The van der Waals surface area contributed by atoms with E-state index >= 15 is 0 Å². The van der Waals surface area contributed by atoms with Crippen LogP contribution in [0.3, 0.4) is 0 Å². The van der Waals surface area contributed by atoms with E-state index < -0.39 is 0 Å². The van der Waals surface area contributed by atoms with Crippen LogP contribution in [0.5, 0.6) is 0 Å². The topological polar surface area (TPSA) is 37.2 Å². The quantitative estimate of drug-likeness (QED) is 0.684. The van der Waals surface area contributed by atoms with Crippen molar-refractivity contribution in [2.45, 2.75) is 77.0 Å². The van der Waals surface area contributed by atoms with Gasteiger partial charge < -0.3 is 0 Å². The predicted octanol–water partition coefficient (Wildman–Crippen LogP) is 4.27. The number of pyridine rings is 1. The number of likely N-dealkylation sites (N-methyl/N-ethyl adjacent to an activating group) is 1. The molecular weight excluding hydrogens is 346 g/mol. The van der Waals surface area contributed by atoms with Crippen LogP contribution in [0.2, 0.25) is 0 Å². The van der Waals surface area contributed by atoms with Gasteiger partial charge in [0.2, 0.25) is 0 Å². The summed E-state index contributed by atoms with van der Waals surface area (Å²) in [5.74, 6) is 0. The van der Waals surface area contributed by atoms with Crippen molar-refractivity contribution >= 4 is 0 Å². The molecule has 1 saturated heterocycles. The van der Waals surface area contributed by atoms with Crippen molar-refractivity contribution in [2.75, 3.05) is 19.6 Å². The zero-order valence-electron chi connectivity index (χ0n) is 17.3. The molecule has 0 radical (unpaired) electrons. The molecule has 0 N–H and O–H groups in total. The fourth-order valence-corrected chi connectivity index (χ4v) is 5.01. The van der Waals surface area contributed by atoms with E-state index in [0.717, 1.165) is 26.2 Å². The fourth-order valence-electron chi connectivity index (χ4n) is 5.01. The predicted molar refractivity (Wildman–Crippen MR) is 113 cm³/mol. The second-order valence-electron chi connectivity index (χ2n) is 8.58. The van der Waals surface area contributed by atoms with Gasteiger partial charge in [-0.2, -0.15) is 5.10 Å². The number of hydrogen-bond acceptors (Lipinski definition) is 4. The van der Waals surface area contributed by atoms with E-state index in [1.54, 1.807) is 0 Å². The first-order chi connectivity index (χ1) is 13.8. The molecule has 1 aliphatic heterocycles. The third kappa shape index (κ3) is 5.00. The summed E-state index contributed by atoms with van der Waals surface area (Å²) in [5.41, 5.74) is 2.64. The van der Waals surface area contributed by atoms with E-state index in [1.165, 1.54) is 62.6 Å². The Bertz CT molecular complexity index is 707. The van der Waals surface area contributed by atoms with Gasteiger partial charge in [0.1, 0.15) is 0 Å². The number of nitrogens with zero attached hydrogens (tertiary/aromatic N) is 5. The highest BCUT2D eigenvalue weighted by Gasteiger charge is 2.25. The summed E-state index contributed by atoms with van der Waals surface area (Å²) >= 11 is 0. The number of rotatable bonds is 8. The van der Waals surface area contributed by atoms with Gasteiger partial charge in [0.05, 0.1) is 12.2 Å². The van der Waals surface area contributed by atoms with Crippen molar-refractivity contribution in [3.8, 4) is 0 Å². The van der Waals surface area contributed by atoms with E-state index in [4.69, 9.17) is 5.10 Å². The summed E-state index contributed by atoms with van der Waals surface area (Å²) in [6.45, 7) is 7.74. The van der Waals surface area contributed by atoms with Crippen molar-refractivity contribution in [1.82, 2.24) is 24.6 Å². The fraction of sp³-hybridized carbons (Fsp3) is 0.652. The highest BCUT2D eigenvalue weighted by atomic mass is 15.3. The Morgan fingerprint density at radius 2 is 1.89 bits per heavy atom. The van der Waals surface area contributed by atoms with Crippen LogP contribution in [0.4, 0.5) is 0 Å². The van der Waals surface area contributed by atoms with Crippen LogP contribution < -0.4 is 0 Å². The Labute approximate surface area is 169 Å². The van der Waals surface area contributed by atoms with E-state index in [-0.39, 0.29) is 0 Å². The highest BCUT2D eigenvalue weighted by Crippen LogP contribution is 2.28. The van der Waals surface area contributed by atoms with Gasteiger partial charge in [0, 0.05) is 49.8 Å². The molecule has 0 bridgehead atoms. The molecule has 152 valence electrons. The van der Waals surface area contributed by atoms with Crippen molar-refractivity contribution in [2.24, 2.45) is 0 Å². The Kier molecular flexibility index (Phi) is 6.76. The maximum atomic E-state index is 4.73. The van der Waals surface area contributed by atoms with Crippen LogP contribution in [0.25, 0.3) is 0 Å². The Morgan fingerprint density at radius 1 is 1.04 bits per heavy atom. The third-order valence-electron chi connectivity index (χ3n) is 6.51. The van der Waals surface area contributed by atoms with Crippen LogP contribution in [-0.2, 0) is 13.1 Å². The average Bonchev–Trinajstić information content (AvgIpc) is 3.39. The second-order valence-corrected chi connectivity index (χ2v) is 8.58. The Balaban J connectivity index is 1.44. The minimum atomic E-state index is 0.611. The van der Waals surface area contributed by atoms with Crippen molar-refractivity contribution in [1.29, 1.82) is 0 Å². The van der Waals surface area contributed by atoms with E-state index in [0.29, 0.717) is 12.1 Å². The molecule has 1 saturated carbocycles. The number of aromatic nitrogens is 3. The maximum absolute atomic E-state index is 4.73. The minimum absolute atomic E-state index is 0.611. The molecule has 2 aromatic rings. The zero-order valence-corrected chi connectivity index (χ0v) is 17.3. The van der Waals surface area contributed by atoms with Crippen LogP contribution in [-0.4, -0.2) is 50.2 Å². The SMILES string of the molecule is CCN1CCC[C@H]1CN(Cc1cccnc1)Cc1cnn(C2CCCCC2)c1. The van der Waals surface area contributed by atoms with Crippen molar-refractivity contribution in [3.63, 3.8) is 0 Å². The molecule has 28 heavy (non-hydrogen) atoms. The molecule has 1 atom stereocenters. The smallest absolute Gasteiger partial charge is 0.0534 e. The molecule has 0 unspecified atom stereocenters. The third-order valence-corrected chi connectivity index (χ3v) is 6.51. The van der Waals surface area contributed by atoms with Crippen LogP contribution in [0.15, 0.2) is 36.9 Å². The minimum Gasteiger partial charge on any atom is -0.299 e. The van der Waals surface area contributed by atoms with E-state index in [9.17, 15) is 0 Å². The van der Waals surface area contributed by atoms with Gasteiger partial charge in [-0.3, -0.25) is 19.5 Å². The summed E-state index contributed by atoms with van der Waals surface area (Å²) in [7, 11) is 0. The van der Waals surface area contributed by atoms with Gasteiger partial charge >= 0.3 is 0 Å². The van der Waals surface area contributed by atoms with Gasteiger partial charge in [-0.25, -0.2) is 0 Å². The molecule has 5 nitrogen and oxygen atoms in total. The van der Waals surface area contributed by atoms with Crippen molar-refractivity contribution in [3.05, 3.63) is 48.0 Å². The molecule has 0 amide bonds.